The Morgan fingerprint density at radius 1 is 1.39 bits per heavy atom. The van der Waals surface area contributed by atoms with Gasteiger partial charge in [-0.15, -0.1) is 0 Å². The van der Waals surface area contributed by atoms with Crippen molar-refractivity contribution >= 4 is 11.8 Å². The average molecular weight is 313 g/mol. The summed E-state index contributed by atoms with van der Waals surface area (Å²) in [5.41, 5.74) is 1.39. The molecule has 1 aromatic rings. The highest BCUT2D eigenvalue weighted by atomic mass is 16.5. The molecule has 3 saturated heterocycles. The molecule has 3 aliphatic heterocycles. The Labute approximate surface area is 135 Å². The van der Waals surface area contributed by atoms with Crippen molar-refractivity contribution < 1.29 is 14.3 Å². The second-order valence-electron chi connectivity index (χ2n) is 6.62. The molecule has 0 radical (unpaired) electrons. The molecule has 6 nitrogen and oxygen atoms in total. The van der Waals surface area contributed by atoms with Crippen LogP contribution in [-0.4, -0.2) is 43.4 Å². The monoisotopic (exact) mass is 313 g/mol. The van der Waals surface area contributed by atoms with Gasteiger partial charge in [-0.1, -0.05) is 0 Å². The third-order valence-corrected chi connectivity index (χ3v) is 5.47. The molecule has 0 aromatic carbocycles. The van der Waals surface area contributed by atoms with E-state index in [2.05, 4.69) is 16.0 Å². The first-order valence-corrected chi connectivity index (χ1v) is 8.03. The van der Waals surface area contributed by atoms with Crippen molar-refractivity contribution in [2.24, 2.45) is 11.8 Å². The van der Waals surface area contributed by atoms with Gasteiger partial charge in [-0.25, -0.2) is 9.78 Å². The lowest BCUT2D eigenvalue weighted by atomic mass is 9.82. The lowest BCUT2D eigenvalue weighted by Crippen LogP contribution is -2.26. The smallest absolute Gasteiger partial charge is 0.339 e. The molecule has 4 heterocycles. The molecule has 6 heteroatoms. The van der Waals surface area contributed by atoms with E-state index in [-0.39, 0.29) is 0 Å². The molecule has 120 valence electrons. The SMILES string of the molecule is COC(=O)c1cc(C#N)c(N2C[C@@H]3[C@H](C2)[C@H]2CC[C@@H]3O2)nc1C. The maximum absolute atomic E-state index is 11.8. The summed E-state index contributed by atoms with van der Waals surface area (Å²) in [4.78, 5) is 18.5. The molecule has 0 N–H and O–H groups in total. The molecule has 0 amide bonds. The van der Waals surface area contributed by atoms with E-state index >= 15 is 0 Å². The maximum Gasteiger partial charge on any atom is 0.339 e. The number of methoxy groups -OCH3 is 1. The van der Waals surface area contributed by atoms with E-state index in [0.29, 0.717) is 46.7 Å². The first-order chi connectivity index (χ1) is 11.1. The standard InChI is InChI=1S/C17H19N3O3/c1-9-11(17(21)22-2)5-10(6-18)16(19-9)20-7-12-13(8-20)15-4-3-14(12)23-15/h5,12-15H,3-4,7-8H2,1-2H3/t12-,13+,14+,15-. The highest BCUT2D eigenvalue weighted by Gasteiger charge is 2.53. The van der Waals surface area contributed by atoms with Gasteiger partial charge < -0.3 is 14.4 Å². The van der Waals surface area contributed by atoms with Crippen LogP contribution < -0.4 is 4.90 Å². The van der Waals surface area contributed by atoms with Gasteiger partial charge in [0.05, 0.1) is 36.1 Å². The van der Waals surface area contributed by atoms with Crippen LogP contribution in [0.25, 0.3) is 0 Å². The number of rotatable bonds is 2. The van der Waals surface area contributed by atoms with Crippen molar-refractivity contribution in [2.45, 2.75) is 32.0 Å². The van der Waals surface area contributed by atoms with Gasteiger partial charge in [0.1, 0.15) is 11.9 Å². The molecular formula is C17H19N3O3. The molecule has 0 saturated carbocycles. The van der Waals surface area contributed by atoms with E-state index in [1.165, 1.54) is 7.11 Å². The molecule has 3 aliphatic rings. The van der Waals surface area contributed by atoms with Crippen LogP contribution in [0.15, 0.2) is 6.07 Å². The Hall–Kier alpha value is -2.13. The number of anilines is 1. The minimum absolute atomic E-state index is 0.357. The molecule has 0 unspecified atom stereocenters. The van der Waals surface area contributed by atoms with Crippen LogP contribution in [0.2, 0.25) is 0 Å². The summed E-state index contributed by atoms with van der Waals surface area (Å²) in [6.45, 7) is 3.54. The maximum atomic E-state index is 11.8. The Morgan fingerprint density at radius 3 is 2.61 bits per heavy atom. The van der Waals surface area contributed by atoms with Gasteiger partial charge in [-0.05, 0) is 25.8 Å². The Balaban J connectivity index is 1.66. The summed E-state index contributed by atoms with van der Waals surface area (Å²) in [6.07, 6.45) is 3.05. The number of carbonyl (C=O) groups excluding carboxylic acids is 1. The lowest BCUT2D eigenvalue weighted by molar-refractivity contribution is 0.0599. The quantitative estimate of drug-likeness (QED) is 0.773. The second kappa shape index (κ2) is 5.20. The summed E-state index contributed by atoms with van der Waals surface area (Å²) in [5.74, 6) is 1.32. The van der Waals surface area contributed by atoms with E-state index in [4.69, 9.17) is 9.47 Å². The summed E-state index contributed by atoms with van der Waals surface area (Å²) >= 11 is 0. The number of esters is 1. The number of hydrogen-bond donors (Lipinski definition) is 0. The van der Waals surface area contributed by atoms with Crippen molar-refractivity contribution in [3.05, 3.63) is 22.9 Å². The summed E-state index contributed by atoms with van der Waals surface area (Å²) < 4.78 is 10.8. The predicted molar refractivity (Wildman–Crippen MR) is 82.1 cm³/mol. The number of aryl methyl sites for hydroxylation is 1. The molecule has 4 rings (SSSR count). The Kier molecular flexibility index (Phi) is 3.27. The van der Waals surface area contributed by atoms with E-state index in [0.717, 1.165) is 25.9 Å². The van der Waals surface area contributed by atoms with Gasteiger partial charge in [0.15, 0.2) is 0 Å². The number of hydrogen-bond acceptors (Lipinski definition) is 6. The number of carbonyl (C=O) groups is 1. The Bertz CT molecular complexity index is 694. The fraction of sp³-hybridized carbons (Fsp3) is 0.588. The van der Waals surface area contributed by atoms with E-state index < -0.39 is 5.97 Å². The molecule has 4 atom stereocenters. The van der Waals surface area contributed by atoms with Crippen LogP contribution in [0.4, 0.5) is 5.82 Å². The van der Waals surface area contributed by atoms with Gasteiger partial charge in [-0.2, -0.15) is 5.26 Å². The van der Waals surface area contributed by atoms with Crippen molar-refractivity contribution in [1.29, 1.82) is 5.26 Å². The van der Waals surface area contributed by atoms with Crippen LogP contribution in [-0.2, 0) is 9.47 Å². The molecule has 0 aliphatic carbocycles. The molecular weight excluding hydrogens is 294 g/mol. The minimum atomic E-state index is -0.456. The third-order valence-electron chi connectivity index (χ3n) is 5.47. The van der Waals surface area contributed by atoms with E-state index in [9.17, 15) is 10.1 Å². The number of aromatic nitrogens is 1. The van der Waals surface area contributed by atoms with Crippen LogP contribution in [0.1, 0.15) is 34.5 Å². The first kappa shape index (κ1) is 14.5. The zero-order valence-electron chi connectivity index (χ0n) is 13.3. The number of pyridine rings is 1. The van der Waals surface area contributed by atoms with Gasteiger partial charge in [0, 0.05) is 24.9 Å². The molecule has 23 heavy (non-hydrogen) atoms. The van der Waals surface area contributed by atoms with Crippen LogP contribution in [0, 0.1) is 30.1 Å². The van der Waals surface area contributed by atoms with Gasteiger partial charge in [-0.3, -0.25) is 0 Å². The van der Waals surface area contributed by atoms with Crippen LogP contribution in [0.3, 0.4) is 0 Å². The van der Waals surface area contributed by atoms with Crippen LogP contribution in [0.5, 0.6) is 0 Å². The van der Waals surface area contributed by atoms with Crippen molar-refractivity contribution in [1.82, 2.24) is 4.98 Å². The topological polar surface area (TPSA) is 75.5 Å². The third kappa shape index (κ3) is 2.11. The van der Waals surface area contributed by atoms with Crippen molar-refractivity contribution in [3.8, 4) is 6.07 Å². The number of fused-ring (bicyclic) bond motifs is 5. The lowest BCUT2D eigenvalue weighted by Gasteiger charge is -2.22. The number of nitrogens with zero attached hydrogens (tertiary/aromatic N) is 3. The van der Waals surface area contributed by atoms with Gasteiger partial charge in [0.25, 0.3) is 0 Å². The molecule has 0 spiro atoms. The van der Waals surface area contributed by atoms with Crippen LogP contribution >= 0.6 is 0 Å². The Morgan fingerprint density at radius 2 is 2.04 bits per heavy atom. The number of nitriles is 1. The molecule has 2 bridgehead atoms. The predicted octanol–water partition coefficient (Wildman–Crippen LogP) is 1.66. The molecule has 1 aromatic heterocycles. The van der Waals surface area contributed by atoms with Gasteiger partial charge >= 0.3 is 5.97 Å². The summed E-state index contributed by atoms with van der Waals surface area (Å²) in [7, 11) is 1.33. The normalized spacial score (nSPS) is 31.1. The molecule has 3 fully saturated rings. The van der Waals surface area contributed by atoms with Gasteiger partial charge in [0.2, 0.25) is 0 Å². The summed E-state index contributed by atoms with van der Waals surface area (Å²) in [5, 5.41) is 9.47. The van der Waals surface area contributed by atoms with E-state index in [1.807, 2.05) is 0 Å². The highest BCUT2D eigenvalue weighted by Crippen LogP contribution is 2.48. The first-order valence-electron chi connectivity index (χ1n) is 8.03. The fourth-order valence-corrected chi connectivity index (χ4v) is 4.37. The summed E-state index contributed by atoms with van der Waals surface area (Å²) in [6, 6.07) is 3.78. The largest absolute Gasteiger partial charge is 0.465 e. The zero-order chi connectivity index (χ0) is 16.1. The average Bonchev–Trinajstić information content (AvgIpc) is 3.26. The number of ether oxygens (including phenoxy) is 2. The zero-order valence-corrected chi connectivity index (χ0v) is 13.3. The van der Waals surface area contributed by atoms with E-state index in [1.54, 1.807) is 13.0 Å². The van der Waals surface area contributed by atoms with Crippen molar-refractivity contribution in [2.75, 3.05) is 25.1 Å². The second-order valence-corrected chi connectivity index (χ2v) is 6.62. The minimum Gasteiger partial charge on any atom is -0.465 e. The fourth-order valence-electron chi connectivity index (χ4n) is 4.37. The highest BCUT2D eigenvalue weighted by molar-refractivity contribution is 5.91. The van der Waals surface area contributed by atoms with Crippen molar-refractivity contribution in [3.63, 3.8) is 0 Å².